The van der Waals surface area contributed by atoms with Crippen LogP contribution in [0.4, 0.5) is 0 Å². The highest BCUT2D eigenvalue weighted by atomic mass is 35.5. The van der Waals surface area contributed by atoms with Crippen molar-refractivity contribution in [1.82, 2.24) is 4.90 Å². The lowest BCUT2D eigenvalue weighted by Gasteiger charge is -2.46. The first-order chi connectivity index (χ1) is 9.12. The summed E-state index contributed by atoms with van der Waals surface area (Å²) in [6.07, 6.45) is 3.03. The van der Waals surface area contributed by atoms with Gasteiger partial charge in [-0.15, -0.1) is 0 Å². The normalized spacial score (nSPS) is 25.9. The summed E-state index contributed by atoms with van der Waals surface area (Å²) < 4.78 is 6.31. The van der Waals surface area contributed by atoms with Crippen molar-refractivity contribution in [2.75, 3.05) is 19.6 Å². The van der Waals surface area contributed by atoms with Gasteiger partial charge in [0.15, 0.2) is 0 Å². The van der Waals surface area contributed by atoms with E-state index >= 15 is 0 Å². The molecule has 0 aliphatic carbocycles. The second-order valence-electron chi connectivity index (χ2n) is 5.71. The molecule has 19 heavy (non-hydrogen) atoms. The predicted octanol–water partition coefficient (Wildman–Crippen LogP) is 2.98. The van der Waals surface area contributed by atoms with Crippen LogP contribution in [0.25, 0.3) is 0 Å². The van der Waals surface area contributed by atoms with Crippen molar-refractivity contribution in [3.05, 3.63) is 28.8 Å². The third kappa shape index (κ3) is 2.47. The van der Waals surface area contributed by atoms with Crippen molar-refractivity contribution in [1.29, 1.82) is 0 Å². The van der Waals surface area contributed by atoms with Crippen molar-refractivity contribution >= 4 is 11.6 Å². The number of likely N-dealkylation sites (tertiary alicyclic amines) is 1. The van der Waals surface area contributed by atoms with Crippen LogP contribution < -0.4 is 10.5 Å². The highest BCUT2D eigenvalue weighted by molar-refractivity contribution is 6.30. The van der Waals surface area contributed by atoms with Crippen LogP contribution in [0.1, 0.15) is 37.8 Å². The van der Waals surface area contributed by atoms with Gasteiger partial charge in [0, 0.05) is 36.1 Å². The monoisotopic (exact) mass is 280 g/mol. The Labute approximate surface area is 119 Å². The van der Waals surface area contributed by atoms with Gasteiger partial charge in [0.2, 0.25) is 0 Å². The highest BCUT2D eigenvalue weighted by Crippen LogP contribution is 2.43. The molecule has 0 radical (unpaired) electrons. The van der Waals surface area contributed by atoms with E-state index in [1.165, 1.54) is 0 Å². The number of rotatable bonds is 1. The maximum absolute atomic E-state index is 6.34. The number of hydrogen-bond acceptors (Lipinski definition) is 3. The number of halogens is 1. The summed E-state index contributed by atoms with van der Waals surface area (Å²) in [4.78, 5) is 2.47. The molecule has 1 aromatic rings. The molecule has 3 rings (SSSR count). The fraction of sp³-hybridized carbons (Fsp3) is 0.600. The van der Waals surface area contributed by atoms with Gasteiger partial charge in [0.25, 0.3) is 0 Å². The molecule has 0 saturated carbocycles. The largest absolute Gasteiger partial charge is 0.487 e. The summed E-state index contributed by atoms with van der Waals surface area (Å²) in [6.45, 7) is 5.54. The number of nitrogens with zero attached hydrogens (tertiary/aromatic N) is 1. The molecule has 4 heteroatoms. The summed E-state index contributed by atoms with van der Waals surface area (Å²) in [5.74, 6) is 0.924. The van der Waals surface area contributed by atoms with Gasteiger partial charge in [0.1, 0.15) is 11.4 Å². The molecule has 104 valence electrons. The van der Waals surface area contributed by atoms with E-state index in [0.717, 1.165) is 55.2 Å². The van der Waals surface area contributed by atoms with E-state index in [-0.39, 0.29) is 11.6 Å². The third-order valence-corrected chi connectivity index (χ3v) is 4.74. The molecule has 1 fully saturated rings. The number of nitrogens with two attached hydrogens (primary N) is 1. The van der Waals surface area contributed by atoms with Crippen LogP contribution in [0.2, 0.25) is 5.02 Å². The summed E-state index contributed by atoms with van der Waals surface area (Å²) in [5.41, 5.74) is 7.32. The Morgan fingerprint density at radius 3 is 2.84 bits per heavy atom. The molecular formula is C15H21ClN2O. The van der Waals surface area contributed by atoms with Crippen LogP contribution in [0.15, 0.2) is 18.2 Å². The molecule has 2 heterocycles. The fourth-order valence-electron chi connectivity index (χ4n) is 3.27. The van der Waals surface area contributed by atoms with E-state index in [4.69, 9.17) is 22.1 Å². The topological polar surface area (TPSA) is 38.5 Å². The summed E-state index contributed by atoms with van der Waals surface area (Å²) >= 11 is 6.04. The van der Waals surface area contributed by atoms with Gasteiger partial charge in [-0.2, -0.15) is 0 Å². The van der Waals surface area contributed by atoms with Crippen LogP contribution in [0.5, 0.6) is 5.75 Å². The van der Waals surface area contributed by atoms with Crippen LogP contribution >= 0.6 is 11.6 Å². The van der Waals surface area contributed by atoms with Gasteiger partial charge >= 0.3 is 0 Å². The molecule has 1 spiro atoms. The molecule has 3 nitrogen and oxygen atoms in total. The molecule has 1 saturated heterocycles. The van der Waals surface area contributed by atoms with E-state index in [1.54, 1.807) is 0 Å². The average Bonchev–Trinajstić information content (AvgIpc) is 2.41. The maximum Gasteiger partial charge on any atom is 0.125 e. The number of hydrogen-bond donors (Lipinski definition) is 1. The molecule has 2 aliphatic rings. The Morgan fingerprint density at radius 1 is 1.42 bits per heavy atom. The minimum Gasteiger partial charge on any atom is -0.487 e. The number of piperidine rings is 1. The molecule has 1 aromatic carbocycles. The predicted molar refractivity (Wildman–Crippen MR) is 77.7 cm³/mol. The average molecular weight is 281 g/mol. The first kappa shape index (κ1) is 13.2. The molecule has 0 bridgehead atoms. The van der Waals surface area contributed by atoms with Gasteiger partial charge in [-0.3, -0.25) is 0 Å². The summed E-state index contributed by atoms with van der Waals surface area (Å²) in [5, 5.41) is 0.731. The van der Waals surface area contributed by atoms with Crippen LogP contribution in [0, 0.1) is 0 Å². The van der Waals surface area contributed by atoms with Gasteiger partial charge < -0.3 is 15.4 Å². The lowest BCUT2D eigenvalue weighted by Crippen LogP contribution is -2.51. The zero-order valence-corrected chi connectivity index (χ0v) is 12.1. The van der Waals surface area contributed by atoms with Crippen LogP contribution in [-0.2, 0) is 0 Å². The Morgan fingerprint density at radius 2 is 2.16 bits per heavy atom. The summed E-state index contributed by atoms with van der Waals surface area (Å²) in [7, 11) is 0. The van der Waals surface area contributed by atoms with E-state index < -0.39 is 0 Å². The van der Waals surface area contributed by atoms with E-state index in [0.29, 0.717) is 0 Å². The van der Waals surface area contributed by atoms with Gasteiger partial charge in [-0.1, -0.05) is 18.5 Å². The van der Waals surface area contributed by atoms with Gasteiger partial charge in [0.05, 0.1) is 0 Å². The summed E-state index contributed by atoms with van der Waals surface area (Å²) in [6, 6.07) is 5.82. The molecule has 0 unspecified atom stereocenters. The first-order valence-corrected chi connectivity index (χ1v) is 7.46. The first-order valence-electron chi connectivity index (χ1n) is 7.08. The van der Waals surface area contributed by atoms with Gasteiger partial charge in [-0.25, -0.2) is 0 Å². The highest BCUT2D eigenvalue weighted by Gasteiger charge is 2.42. The molecule has 1 atom stereocenters. The molecule has 2 N–H and O–H groups in total. The lowest BCUT2D eigenvalue weighted by atomic mass is 9.81. The number of ether oxygens (including phenoxy) is 1. The Kier molecular flexibility index (Phi) is 3.46. The Hall–Kier alpha value is -0.770. The van der Waals surface area contributed by atoms with Crippen molar-refractivity contribution in [2.24, 2.45) is 5.73 Å². The van der Waals surface area contributed by atoms with E-state index in [1.807, 2.05) is 18.2 Å². The second-order valence-corrected chi connectivity index (χ2v) is 6.15. The zero-order valence-electron chi connectivity index (χ0n) is 11.4. The fourth-order valence-corrected chi connectivity index (χ4v) is 3.45. The zero-order chi connectivity index (χ0) is 13.5. The second kappa shape index (κ2) is 4.97. The quantitative estimate of drug-likeness (QED) is 0.859. The minimum atomic E-state index is -0.0636. The molecule has 0 amide bonds. The van der Waals surface area contributed by atoms with Crippen molar-refractivity contribution < 1.29 is 4.74 Å². The van der Waals surface area contributed by atoms with Crippen molar-refractivity contribution in [2.45, 2.75) is 37.8 Å². The number of benzene rings is 1. The van der Waals surface area contributed by atoms with Gasteiger partial charge in [-0.05, 0) is 37.6 Å². The third-order valence-electron chi connectivity index (χ3n) is 4.50. The van der Waals surface area contributed by atoms with Crippen molar-refractivity contribution in [3.8, 4) is 5.75 Å². The van der Waals surface area contributed by atoms with Crippen LogP contribution in [0.3, 0.4) is 0 Å². The molecular weight excluding hydrogens is 260 g/mol. The molecule has 2 aliphatic heterocycles. The van der Waals surface area contributed by atoms with E-state index in [2.05, 4.69) is 11.8 Å². The maximum atomic E-state index is 6.34. The Bertz CT molecular complexity index is 469. The number of fused-ring (bicyclic) bond motifs is 1. The minimum absolute atomic E-state index is 0.0376. The molecule has 0 aromatic heterocycles. The van der Waals surface area contributed by atoms with Crippen molar-refractivity contribution in [3.63, 3.8) is 0 Å². The standard InChI is InChI=1S/C15H21ClN2O/c1-2-18-7-5-15(6-8-18)10-13(17)12-9-11(16)3-4-14(12)19-15/h3-4,9,13H,2,5-8,10,17H2,1H3/t13-/m1/s1. The lowest BCUT2D eigenvalue weighted by molar-refractivity contribution is -0.0205. The Balaban J connectivity index is 1.83. The SMILES string of the molecule is CCN1CCC2(CC1)C[C@@H](N)c1cc(Cl)ccc1O2. The van der Waals surface area contributed by atoms with Crippen LogP contribution in [-0.4, -0.2) is 30.1 Å². The smallest absolute Gasteiger partial charge is 0.125 e. The van der Waals surface area contributed by atoms with E-state index in [9.17, 15) is 0 Å².